The number of rotatable bonds is 6. The zero-order valence-electron chi connectivity index (χ0n) is 35.5. The Bertz CT molecular complexity index is 3430. The highest BCUT2D eigenvalue weighted by Crippen LogP contribution is 2.64. The van der Waals surface area contributed by atoms with E-state index in [1.807, 2.05) is 0 Å². The largest absolute Gasteiger partial charge is 0.455 e. The third kappa shape index (κ3) is 5.81. The second kappa shape index (κ2) is 14.8. The minimum atomic E-state index is -0.604. The summed E-state index contributed by atoms with van der Waals surface area (Å²) >= 11 is 0. The van der Waals surface area contributed by atoms with E-state index in [0.29, 0.717) is 0 Å². The molecule has 1 heterocycles. The van der Waals surface area contributed by atoms with Crippen LogP contribution in [-0.4, -0.2) is 0 Å². The van der Waals surface area contributed by atoms with Gasteiger partial charge in [-0.25, -0.2) is 0 Å². The van der Waals surface area contributed by atoms with Crippen LogP contribution in [0.2, 0.25) is 0 Å². The van der Waals surface area contributed by atoms with Crippen molar-refractivity contribution in [2.45, 2.75) is 5.41 Å². The molecule has 2 aliphatic rings. The molecule has 304 valence electrons. The van der Waals surface area contributed by atoms with Gasteiger partial charge in [0, 0.05) is 39.0 Å². The Balaban J connectivity index is 0.958. The quantitative estimate of drug-likeness (QED) is 0.166. The van der Waals surface area contributed by atoms with E-state index in [1.54, 1.807) is 0 Å². The van der Waals surface area contributed by atoms with E-state index in [1.165, 1.54) is 72.0 Å². The fraction of sp³-hybridized carbons (Fsp3) is 0.0159. The van der Waals surface area contributed by atoms with Gasteiger partial charge in [-0.2, -0.15) is 0 Å². The predicted molar refractivity (Wildman–Crippen MR) is 270 cm³/mol. The Morgan fingerprint density at radius 3 is 1.20 bits per heavy atom. The molecular weight excluding hydrogens is 787 g/mol. The zero-order chi connectivity index (χ0) is 42.9. The third-order valence-electron chi connectivity index (χ3n) is 13.7. The highest BCUT2D eigenvalue weighted by atomic mass is 16.5. The van der Waals surface area contributed by atoms with Gasteiger partial charge in [0.1, 0.15) is 11.5 Å². The van der Waals surface area contributed by atoms with Crippen LogP contribution in [0.1, 0.15) is 22.3 Å². The van der Waals surface area contributed by atoms with Crippen LogP contribution in [0.3, 0.4) is 0 Å². The summed E-state index contributed by atoms with van der Waals surface area (Å²) in [5.74, 6) is 1.86. The maximum atomic E-state index is 7.20. The maximum absolute atomic E-state index is 7.20. The standard InChI is InChI=1S/C63H41NO/c1-3-13-42(14-4-1)44-23-32-50(33-24-44)64(51-34-25-45(26-35-51)43-15-5-2-6-16-43)52-36-27-46(28-37-52)49-29-38-56-55-21-11-12-22-57(55)63(60(56)41-49)58-39-30-47-17-7-9-19-53(47)61(58)65-62-54-20-10-8-18-48(54)31-40-59(62)63/h1-41H. The van der Waals surface area contributed by atoms with E-state index < -0.39 is 5.41 Å². The topological polar surface area (TPSA) is 12.5 Å². The van der Waals surface area contributed by atoms with E-state index in [-0.39, 0.29) is 0 Å². The lowest BCUT2D eigenvalue weighted by molar-refractivity contribution is 0.447. The molecule has 0 fully saturated rings. The van der Waals surface area contributed by atoms with Crippen molar-refractivity contribution in [2.24, 2.45) is 0 Å². The third-order valence-corrected chi connectivity index (χ3v) is 13.7. The van der Waals surface area contributed by atoms with Gasteiger partial charge in [0.15, 0.2) is 0 Å². The van der Waals surface area contributed by atoms with E-state index in [4.69, 9.17) is 4.74 Å². The summed E-state index contributed by atoms with van der Waals surface area (Å²) in [7, 11) is 0. The number of anilines is 3. The van der Waals surface area contributed by atoms with E-state index >= 15 is 0 Å². The van der Waals surface area contributed by atoms with Gasteiger partial charge >= 0.3 is 0 Å². The molecule has 65 heavy (non-hydrogen) atoms. The fourth-order valence-electron chi connectivity index (χ4n) is 10.7. The summed E-state index contributed by atoms with van der Waals surface area (Å²) < 4.78 is 7.20. The smallest absolute Gasteiger partial charge is 0.140 e. The molecule has 0 unspecified atom stereocenters. The average Bonchev–Trinajstić information content (AvgIpc) is 3.67. The number of hydrogen-bond donors (Lipinski definition) is 0. The average molecular weight is 828 g/mol. The SMILES string of the molecule is c1ccc(-c2ccc(N(c3ccc(-c4ccccc4)cc3)c3ccc(-c4ccc5c(c4)C4(c6ccccc6-5)c5ccc6ccccc6c5Oc5c4ccc4ccccc54)cc3)cc2)cc1. The zero-order valence-corrected chi connectivity index (χ0v) is 35.5. The van der Waals surface area contributed by atoms with Crippen molar-refractivity contribution in [3.63, 3.8) is 0 Å². The number of fused-ring (bicyclic) bond motifs is 13. The number of hydrogen-bond acceptors (Lipinski definition) is 2. The van der Waals surface area contributed by atoms with Gasteiger partial charge in [-0.05, 0) is 109 Å². The molecule has 1 spiro atoms. The first kappa shape index (κ1) is 37.1. The van der Waals surface area contributed by atoms with Crippen molar-refractivity contribution in [3.8, 4) is 56.0 Å². The van der Waals surface area contributed by atoms with Gasteiger partial charge in [0.25, 0.3) is 0 Å². The Labute approximate surface area is 378 Å². The number of benzene rings is 11. The Hall–Kier alpha value is -8.46. The number of ether oxygens (including phenoxy) is 1. The first-order chi connectivity index (χ1) is 32.2. The lowest BCUT2D eigenvalue weighted by Gasteiger charge is -2.40. The molecule has 0 saturated carbocycles. The van der Waals surface area contributed by atoms with Gasteiger partial charge in [0.05, 0.1) is 5.41 Å². The van der Waals surface area contributed by atoms with Gasteiger partial charge in [-0.3, -0.25) is 0 Å². The van der Waals surface area contributed by atoms with Crippen LogP contribution in [-0.2, 0) is 5.41 Å². The van der Waals surface area contributed by atoms with Crippen LogP contribution in [0.25, 0.3) is 66.1 Å². The van der Waals surface area contributed by atoms with Crippen LogP contribution < -0.4 is 9.64 Å². The molecule has 0 radical (unpaired) electrons. The predicted octanol–water partition coefficient (Wildman–Crippen LogP) is 16.9. The monoisotopic (exact) mass is 827 g/mol. The summed E-state index contributed by atoms with van der Waals surface area (Å²) in [6, 6.07) is 90.6. The number of nitrogens with zero attached hydrogens (tertiary/aromatic N) is 1. The van der Waals surface area contributed by atoms with Crippen LogP contribution >= 0.6 is 0 Å². The molecule has 13 rings (SSSR count). The van der Waals surface area contributed by atoms with E-state index in [9.17, 15) is 0 Å². The highest BCUT2D eigenvalue weighted by molar-refractivity contribution is 6.00. The molecular formula is C63H41NO. The second-order valence-corrected chi connectivity index (χ2v) is 17.2. The van der Waals surface area contributed by atoms with Crippen molar-refractivity contribution >= 4 is 38.6 Å². The van der Waals surface area contributed by atoms with Gasteiger partial charge < -0.3 is 9.64 Å². The minimum absolute atomic E-state index is 0.604. The van der Waals surface area contributed by atoms with Crippen molar-refractivity contribution < 1.29 is 4.74 Å². The Morgan fingerprint density at radius 1 is 0.277 bits per heavy atom. The van der Waals surface area contributed by atoms with Gasteiger partial charge in [-0.15, -0.1) is 0 Å². The summed E-state index contributed by atoms with van der Waals surface area (Å²) in [6.07, 6.45) is 0. The van der Waals surface area contributed by atoms with Crippen molar-refractivity contribution in [3.05, 3.63) is 271 Å². The lowest BCUT2D eigenvalue weighted by Crippen LogP contribution is -2.32. The molecule has 0 aromatic heterocycles. The summed E-state index contributed by atoms with van der Waals surface area (Å²) in [4.78, 5) is 2.35. The molecule has 1 aliphatic heterocycles. The molecule has 1 aliphatic carbocycles. The molecule has 11 aromatic rings. The Morgan fingerprint density at radius 2 is 0.677 bits per heavy atom. The minimum Gasteiger partial charge on any atom is -0.455 e. The van der Waals surface area contributed by atoms with Gasteiger partial charge in [0.2, 0.25) is 0 Å². The first-order valence-electron chi connectivity index (χ1n) is 22.4. The Kier molecular flexibility index (Phi) is 8.47. The molecule has 0 saturated heterocycles. The van der Waals surface area contributed by atoms with Gasteiger partial charge in [-0.1, -0.05) is 206 Å². The lowest BCUT2D eigenvalue weighted by atomic mass is 9.65. The summed E-state index contributed by atoms with van der Waals surface area (Å²) in [5, 5.41) is 4.57. The molecule has 0 atom stereocenters. The maximum Gasteiger partial charge on any atom is 0.140 e. The van der Waals surface area contributed by atoms with Crippen LogP contribution in [0.5, 0.6) is 11.5 Å². The molecule has 2 nitrogen and oxygen atoms in total. The molecule has 11 aromatic carbocycles. The summed E-state index contributed by atoms with van der Waals surface area (Å²) in [6.45, 7) is 0. The van der Waals surface area contributed by atoms with Crippen LogP contribution in [0, 0.1) is 0 Å². The molecule has 0 bridgehead atoms. The van der Waals surface area contributed by atoms with Crippen LogP contribution in [0.15, 0.2) is 249 Å². The first-order valence-corrected chi connectivity index (χ1v) is 22.4. The highest BCUT2D eigenvalue weighted by Gasteiger charge is 2.52. The summed E-state index contributed by atoms with van der Waals surface area (Å²) in [5.41, 5.74) is 17.2. The van der Waals surface area contributed by atoms with Crippen LogP contribution in [0.4, 0.5) is 17.1 Å². The second-order valence-electron chi connectivity index (χ2n) is 17.2. The van der Waals surface area contributed by atoms with E-state index in [2.05, 4.69) is 254 Å². The van der Waals surface area contributed by atoms with Crippen molar-refractivity contribution in [2.75, 3.05) is 4.90 Å². The fourth-order valence-corrected chi connectivity index (χ4v) is 10.7. The molecule has 0 amide bonds. The van der Waals surface area contributed by atoms with Crippen molar-refractivity contribution in [1.29, 1.82) is 0 Å². The molecule has 2 heteroatoms. The van der Waals surface area contributed by atoms with E-state index in [0.717, 1.165) is 44.9 Å². The normalized spacial score (nSPS) is 12.9. The molecule has 0 N–H and O–H groups in total. The van der Waals surface area contributed by atoms with Crippen molar-refractivity contribution in [1.82, 2.24) is 0 Å².